The molecule has 0 radical (unpaired) electrons. The average Bonchev–Trinajstić information content (AvgIpc) is 2.95. The van der Waals surface area contributed by atoms with Crippen molar-refractivity contribution in [3.8, 4) is 0 Å². The number of hydrogen-bond acceptors (Lipinski definition) is 7. The summed E-state index contributed by atoms with van der Waals surface area (Å²) in [5.74, 6) is -0.247. The molecule has 0 spiro atoms. The molecule has 21 heavy (non-hydrogen) atoms. The quantitative estimate of drug-likeness (QED) is 0.849. The van der Waals surface area contributed by atoms with Crippen LogP contribution < -0.4 is 5.32 Å². The van der Waals surface area contributed by atoms with Crippen molar-refractivity contribution < 1.29 is 9.53 Å². The van der Waals surface area contributed by atoms with Gasteiger partial charge in [-0.25, -0.2) is 0 Å². The summed E-state index contributed by atoms with van der Waals surface area (Å²) in [5, 5.41) is 15.3. The molecule has 0 bridgehead atoms. The van der Waals surface area contributed by atoms with Gasteiger partial charge in [-0.2, -0.15) is 5.10 Å². The van der Waals surface area contributed by atoms with Crippen LogP contribution in [0.2, 0.25) is 4.47 Å². The van der Waals surface area contributed by atoms with Crippen LogP contribution in [0.4, 0.5) is 10.8 Å². The van der Waals surface area contributed by atoms with Crippen LogP contribution in [-0.2, 0) is 16.1 Å². The molecule has 7 nitrogen and oxygen atoms in total. The van der Waals surface area contributed by atoms with Gasteiger partial charge in [-0.3, -0.25) is 9.48 Å². The first-order valence-electron chi connectivity index (χ1n) is 6.32. The Balaban J connectivity index is 1.84. The van der Waals surface area contributed by atoms with E-state index in [4.69, 9.17) is 16.3 Å². The molecule has 0 aliphatic rings. The van der Waals surface area contributed by atoms with Crippen LogP contribution in [0.5, 0.6) is 0 Å². The maximum absolute atomic E-state index is 11.6. The molecule has 2 aromatic heterocycles. The van der Waals surface area contributed by atoms with Gasteiger partial charge < -0.3 is 10.1 Å². The van der Waals surface area contributed by atoms with E-state index >= 15 is 0 Å². The van der Waals surface area contributed by atoms with E-state index in [9.17, 15) is 4.79 Å². The molecule has 0 unspecified atom stereocenters. The highest BCUT2D eigenvalue weighted by Gasteiger charge is 2.16. The molecular formula is C12H16ClN5O2S. The van der Waals surface area contributed by atoms with Crippen molar-refractivity contribution in [2.75, 3.05) is 5.32 Å². The number of aryl methyl sites for hydroxylation is 1. The minimum absolute atomic E-state index is 0.247. The van der Waals surface area contributed by atoms with Gasteiger partial charge in [0, 0.05) is 6.20 Å². The predicted molar refractivity (Wildman–Crippen MR) is 80.9 cm³/mol. The first kappa shape index (κ1) is 15.7. The molecule has 1 N–H and O–H groups in total. The van der Waals surface area contributed by atoms with Gasteiger partial charge in [-0.05, 0) is 32.4 Å². The standard InChI is InChI=1S/C12H16ClN5O2S/c1-12(2,3)20-9(19)4-5-18-7-8(6-14-18)15-11-17-16-10(13)21-11/h6-7H,4-5H2,1-3H3,(H,15,17). The third-order valence-corrected chi connectivity index (χ3v) is 3.18. The van der Waals surface area contributed by atoms with Gasteiger partial charge in [0.15, 0.2) is 0 Å². The smallest absolute Gasteiger partial charge is 0.308 e. The number of esters is 1. The average molecular weight is 330 g/mol. The Labute approximate surface area is 131 Å². The third kappa shape index (κ3) is 5.31. The van der Waals surface area contributed by atoms with Crippen LogP contribution in [0, 0.1) is 0 Å². The van der Waals surface area contributed by atoms with Gasteiger partial charge in [-0.15, -0.1) is 10.2 Å². The molecular weight excluding hydrogens is 314 g/mol. The number of ether oxygens (including phenoxy) is 1. The number of nitrogens with zero attached hydrogens (tertiary/aromatic N) is 4. The van der Waals surface area contributed by atoms with Gasteiger partial charge in [0.2, 0.25) is 9.60 Å². The lowest BCUT2D eigenvalue weighted by Crippen LogP contribution is -2.24. The summed E-state index contributed by atoms with van der Waals surface area (Å²) >= 11 is 6.94. The van der Waals surface area contributed by atoms with E-state index in [0.717, 1.165) is 5.69 Å². The Bertz CT molecular complexity index is 619. The molecule has 0 aliphatic heterocycles. The van der Waals surface area contributed by atoms with Crippen LogP contribution >= 0.6 is 22.9 Å². The Morgan fingerprint density at radius 2 is 2.24 bits per heavy atom. The first-order chi connectivity index (χ1) is 9.82. The van der Waals surface area contributed by atoms with Crippen molar-refractivity contribution in [2.24, 2.45) is 0 Å². The Kier molecular flexibility index (Phi) is 4.79. The summed E-state index contributed by atoms with van der Waals surface area (Å²) < 4.78 is 7.27. The van der Waals surface area contributed by atoms with E-state index in [-0.39, 0.29) is 12.4 Å². The lowest BCUT2D eigenvalue weighted by Gasteiger charge is -2.19. The topological polar surface area (TPSA) is 81.9 Å². The number of carbonyl (C=O) groups is 1. The van der Waals surface area contributed by atoms with Crippen molar-refractivity contribution in [1.29, 1.82) is 0 Å². The molecule has 2 aromatic rings. The maximum atomic E-state index is 11.6. The van der Waals surface area contributed by atoms with Crippen LogP contribution in [-0.4, -0.2) is 31.5 Å². The Morgan fingerprint density at radius 3 is 2.86 bits per heavy atom. The fourth-order valence-electron chi connectivity index (χ4n) is 1.53. The highest BCUT2D eigenvalue weighted by atomic mass is 35.5. The number of nitrogens with one attached hydrogen (secondary N) is 1. The molecule has 9 heteroatoms. The molecule has 0 saturated carbocycles. The Hall–Kier alpha value is -1.67. The first-order valence-corrected chi connectivity index (χ1v) is 7.51. The highest BCUT2D eigenvalue weighted by molar-refractivity contribution is 7.19. The summed E-state index contributed by atoms with van der Waals surface area (Å²) in [7, 11) is 0. The molecule has 114 valence electrons. The van der Waals surface area contributed by atoms with E-state index in [1.165, 1.54) is 11.3 Å². The zero-order chi connectivity index (χ0) is 15.5. The number of rotatable bonds is 5. The van der Waals surface area contributed by atoms with Crippen LogP contribution in [0.15, 0.2) is 12.4 Å². The zero-order valence-corrected chi connectivity index (χ0v) is 13.5. The van der Waals surface area contributed by atoms with Crippen molar-refractivity contribution in [1.82, 2.24) is 20.0 Å². The third-order valence-electron chi connectivity index (χ3n) is 2.25. The minimum atomic E-state index is -0.467. The van der Waals surface area contributed by atoms with Gasteiger partial charge in [0.1, 0.15) is 5.60 Å². The maximum Gasteiger partial charge on any atom is 0.308 e. The lowest BCUT2D eigenvalue weighted by atomic mass is 10.2. The predicted octanol–water partition coefficient (Wildman–Crippen LogP) is 2.86. The van der Waals surface area contributed by atoms with E-state index in [1.807, 2.05) is 20.8 Å². The normalized spacial score (nSPS) is 11.4. The van der Waals surface area contributed by atoms with Crippen molar-refractivity contribution in [3.05, 3.63) is 16.9 Å². The largest absolute Gasteiger partial charge is 0.460 e. The van der Waals surface area contributed by atoms with Crippen molar-refractivity contribution >= 4 is 39.7 Å². The molecule has 2 heterocycles. The van der Waals surface area contributed by atoms with E-state index in [1.54, 1.807) is 17.1 Å². The second kappa shape index (κ2) is 6.40. The molecule has 0 saturated heterocycles. The summed E-state index contributed by atoms with van der Waals surface area (Å²) in [6, 6.07) is 0. The summed E-state index contributed by atoms with van der Waals surface area (Å²) in [6.07, 6.45) is 3.69. The summed E-state index contributed by atoms with van der Waals surface area (Å²) in [4.78, 5) is 11.6. The molecule has 0 aliphatic carbocycles. The lowest BCUT2D eigenvalue weighted by molar-refractivity contribution is -0.155. The van der Waals surface area contributed by atoms with Gasteiger partial charge in [0.25, 0.3) is 0 Å². The SMILES string of the molecule is CC(C)(C)OC(=O)CCn1cc(Nc2nnc(Cl)s2)cn1. The monoisotopic (exact) mass is 329 g/mol. The van der Waals surface area contributed by atoms with Crippen molar-refractivity contribution in [3.63, 3.8) is 0 Å². The van der Waals surface area contributed by atoms with Gasteiger partial charge in [0.05, 0.1) is 24.8 Å². The zero-order valence-electron chi connectivity index (χ0n) is 12.0. The van der Waals surface area contributed by atoms with Gasteiger partial charge in [-0.1, -0.05) is 11.3 Å². The highest BCUT2D eigenvalue weighted by Crippen LogP contribution is 2.23. The van der Waals surface area contributed by atoms with E-state index in [2.05, 4.69) is 20.6 Å². The van der Waals surface area contributed by atoms with E-state index in [0.29, 0.717) is 16.1 Å². The fraction of sp³-hybridized carbons (Fsp3) is 0.500. The molecule has 0 aromatic carbocycles. The number of aromatic nitrogens is 4. The number of halogens is 1. The molecule has 2 rings (SSSR count). The van der Waals surface area contributed by atoms with Gasteiger partial charge >= 0.3 is 5.97 Å². The van der Waals surface area contributed by atoms with Crippen LogP contribution in [0.3, 0.4) is 0 Å². The second-order valence-corrected chi connectivity index (χ2v) is 6.87. The van der Waals surface area contributed by atoms with Crippen LogP contribution in [0.1, 0.15) is 27.2 Å². The summed E-state index contributed by atoms with van der Waals surface area (Å²) in [5.41, 5.74) is 0.289. The number of anilines is 2. The number of carbonyl (C=O) groups excluding carboxylic acids is 1. The fourth-order valence-corrected chi connectivity index (χ4v) is 2.28. The minimum Gasteiger partial charge on any atom is -0.460 e. The second-order valence-electron chi connectivity index (χ2n) is 5.31. The molecule has 0 atom stereocenters. The molecule has 0 amide bonds. The van der Waals surface area contributed by atoms with Crippen molar-refractivity contribution in [2.45, 2.75) is 39.3 Å². The Morgan fingerprint density at radius 1 is 1.48 bits per heavy atom. The van der Waals surface area contributed by atoms with Crippen LogP contribution in [0.25, 0.3) is 0 Å². The van der Waals surface area contributed by atoms with E-state index < -0.39 is 5.60 Å². The summed E-state index contributed by atoms with van der Waals surface area (Å²) in [6.45, 7) is 5.98. The molecule has 0 fully saturated rings. The number of hydrogen-bond donors (Lipinski definition) is 1.